The van der Waals surface area contributed by atoms with E-state index >= 15 is 0 Å². The van der Waals surface area contributed by atoms with E-state index in [1.54, 1.807) is 6.07 Å². The van der Waals surface area contributed by atoms with Crippen molar-refractivity contribution >= 4 is 28.3 Å². The van der Waals surface area contributed by atoms with Crippen LogP contribution >= 0.6 is 22.6 Å². The number of benzene rings is 1. The van der Waals surface area contributed by atoms with Gasteiger partial charge in [-0.1, -0.05) is 26.0 Å². The van der Waals surface area contributed by atoms with Crippen molar-refractivity contribution in [3.63, 3.8) is 0 Å². The average molecular weight is 291 g/mol. The molecule has 0 fully saturated rings. The van der Waals surface area contributed by atoms with Crippen LogP contribution in [0.2, 0.25) is 0 Å². The first-order valence-electron chi connectivity index (χ1n) is 3.97. The molecule has 0 spiro atoms. The zero-order valence-electron chi connectivity index (χ0n) is 7.45. The van der Waals surface area contributed by atoms with Gasteiger partial charge in [-0.3, -0.25) is 10.1 Å². The number of hydrogen-bond donors (Lipinski definition) is 0. The minimum atomic E-state index is -0.340. The van der Waals surface area contributed by atoms with Crippen molar-refractivity contribution in [1.29, 1.82) is 0 Å². The molecule has 0 N–H and O–H groups in total. The molecule has 1 aromatic carbocycles. The molecule has 0 atom stereocenters. The highest BCUT2D eigenvalue weighted by atomic mass is 127. The van der Waals surface area contributed by atoms with Gasteiger partial charge in [0.25, 0.3) is 5.69 Å². The molecular weight excluding hydrogens is 281 g/mol. The fourth-order valence-corrected chi connectivity index (χ4v) is 2.30. The first kappa shape index (κ1) is 10.4. The van der Waals surface area contributed by atoms with Crippen LogP contribution in [0.1, 0.15) is 25.3 Å². The number of hydrogen-bond acceptors (Lipinski definition) is 2. The molecule has 0 saturated heterocycles. The molecule has 0 aliphatic rings. The summed E-state index contributed by atoms with van der Waals surface area (Å²) in [6.45, 7) is 4.06. The highest BCUT2D eigenvalue weighted by Crippen LogP contribution is 2.28. The Kier molecular flexibility index (Phi) is 3.24. The Morgan fingerprint density at radius 1 is 1.46 bits per heavy atom. The van der Waals surface area contributed by atoms with Crippen molar-refractivity contribution in [2.24, 2.45) is 0 Å². The molecule has 70 valence electrons. The van der Waals surface area contributed by atoms with Crippen molar-refractivity contribution in [3.05, 3.63) is 37.4 Å². The second-order valence-electron chi connectivity index (χ2n) is 3.09. The molecule has 0 unspecified atom stereocenters. The maximum absolute atomic E-state index is 10.6. The van der Waals surface area contributed by atoms with Gasteiger partial charge in [-0.25, -0.2) is 0 Å². The van der Waals surface area contributed by atoms with Crippen LogP contribution in [0.15, 0.2) is 18.2 Å². The van der Waals surface area contributed by atoms with Crippen LogP contribution in [0.3, 0.4) is 0 Å². The van der Waals surface area contributed by atoms with Gasteiger partial charge in [0.1, 0.15) is 0 Å². The Bertz CT molecular complexity index is 336. The van der Waals surface area contributed by atoms with Crippen molar-refractivity contribution in [2.45, 2.75) is 19.8 Å². The van der Waals surface area contributed by atoms with Gasteiger partial charge in [-0.15, -0.1) is 0 Å². The lowest BCUT2D eigenvalue weighted by Crippen LogP contribution is -1.97. The predicted octanol–water partition coefficient (Wildman–Crippen LogP) is 3.32. The standard InChI is InChI=1S/C9H10INO2/c1-6(2)7-4-3-5-8(9(7)10)11(12)13/h3-6H,1-2H3. The van der Waals surface area contributed by atoms with E-state index in [-0.39, 0.29) is 10.6 Å². The van der Waals surface area contributed by atoms with Crippen LogP contribution < -0.4 is 0 Å². The molecule has 1 rings (SSSR count). The Balaban J connectivity index is 3.26. The second-order valence-corrected chi connectivity index (χ2v) is 4.17. The van der Waals surface area contributed by atoms with Gasteiger partial charge in [0, 0.05) is 6.07 Å². The van der Waals surface area contributed by atoms with E-state index in [1.165, 1.54) is 6.07 Å². The van der Waals surface area contributed by atoms with Crippen LogP contribution in [0, 0.1) is 13.7 Å². The summed E-state index contributed by atoms with van der Waals surface area (Å²) in [4.78, 5) is 10.3. The molecule has 0 heterocycles. The topological polar surface area (TPSA) is 43.1 Å². The number of rotatable bonds is 2. The lowest BCUT2D eigenvalue weighted by Gasteiger charge is -2.07. The van der Waals surface area contributed by atoms with E-state index in [0.29, 0.717) is 5.92 Å². The van der Waals surface area contributed by atoms with Crippen molar-refractivity contribution in [2.75, 3.05) is 0 Å². The lowest BCUT2D eigenvalue weighted by molar-refractivity contribution is -0.385. The summed E-state index contributed by atoms with van der Waals surface area (Å²) in [7, 11) is 0. The molecule has 3 nitrogen and oxygen atoms in total. The SMILES string of the molecule is CC(C)c1cccc([N+](=O)[O-])c1I. The van der Waals surface area contributed by atoms with Gasteiger partial charge in [-0.2, -0.15) is 0 Å². The molecule has 0 amide bonds. The summed E-state index contributed by atoms with van der Waals surface area (Å²) in [6, 6.07) is 5.20. The molecule has 1 aromatic rings. The van der Waals surface area contributed by atoms with E-state index in [2.05, 4.69) is 0 Å². The number of nitro groups is 1. The van der Waals surface area contributed by atoms with E-state index in [4.69, 9.17) is 0 Å². The zero-order valence-corrected chi connectivity index (χ0v) is 9.61. The molecule has 0 radical (unpaired) electrons. The third-order valence-electron chi connectivity index (χ3n) is 1.83. The van der Waals surface area contributed by atoms with Crippen LogP contribution in [-0.2, 0) is 0 Å². The molecule has 0 saturated carbocycles. The monoisotopic (exact) mass is 291 g/mol. The first-order chi connectivity index (χ1) is 6.04. The molecule has 0 aliphatic heterocycles. The van der Waals surface area contributed by atoms with E-state index < -0.39 is 0 Å². The van der Waals surface area contributed by atoms with Gasteiger partial charge in [-0.05, 0) is 34.1 Å². The van der Waals surface area contributed by atoms with Crippen LogP contribution in [0.4, 0.5) is 5.69 Å². The predicted molar refractivity (Wildman–Crippen MR) is 59.9 cm³/mol. The average Bonchev–Trinajstić information content (AvgIpc) is 2.03. The van der Waals surface area contributed by atoms with Crippen molar-refractivity contribution in [3.8, 4) is 0 Å². The Morgan fingerprint density at radius 3 is 2.54 bits per heavy atom. The minimum Gasteiger partial charge on any atom is -0.258 e. The summed E-state index contributed by atoms with van der Waals surface area (Å²) in [5.74, 6) is 0.326. The van der Waals surface area contributed by atoms with Gasteiger partial charge in [0.05, 0.1) is 8.49 Å². The number of nitro benzene ring substituents is 1. The lowest BCUT2D eigenvalue weighted by atomic mass is 10.0. The largest absolute Gasteiger partial charge is 0.282 e. The highest BCUT2D eigenvalue weighted by molar-refractivity contribution is 14.1. The molecular formula is C9H10INO2. The third kappa shape index (κ3) is 2.18. The smallest absolute Gasteiger partial charge is 0.258 e. The minimum absolute atomic E-state index is 0.201. The first-order valence-corrected chi connectivity index (χ1v) is 5.04. The molecule has 0 aromatic heterocycles. The second kappa shape index (κ2) is 4.04. The number of nitrogens with zero attached hydrogens (tertiary/aromatic N) is 1. The Morgan fingerprint density at radius 2 is 2.08 bits per heavy atom. The van der Waals surface area contributed by atoms with Crippen molar-refractivity contribution < 1.29 is 4.92 Å². The van der Waals surface area contributed by atoms with E-state index in [1.807, 2.05) is 42.5 Å². The summed E-state index contributed by atoms with van der Waals surface area (Å²) in [5, 5.41) is 10.6. The van der Waals surface area contributed by atoms with Gasteiger partial charge in [0.2, 0.25) is 0 Å². The quantitative estimate of drug-likeness (QED) is 0.476. The number of halogens is 1. The zero-order chi connectivity index (χ0) is 10.0. The molecule has 0 bridgehead atoms. The summed E-state index contributed by atoms with van der Waals surface area (Å²) >= 11 is 2.03. The Labute approximate surface area is 90.4 Å². The third-order valence-corrected chi connectivity index (χ3v) is 3.00. The maximum Gasteiger partial charge on any atom is 0.282 e. The van der Waals surface area contributed by atoms with Crippen LogP contribution in [-0.4, -0.2) is 4.92 Å². The van der Waals surface area contributed by atoms with Gasteiger partial charge >= 0.3 is 0 Å². The summed E-state index contributed by atoms with van der Waals surface area (Å²) < 4.78 is 0.750. The Hall–Kier alpha value is -0.650. The molecule has 13 heavy (non-hydrogen) atoms. The fourth-order valence-electron chi connectivity index (χ4n) is 1.12. The van der Waals surface area contributed by atoms with Gasteiger partial charge in [0.15, 0.2) is 0 Å². The highest BCUT2D eigenvalue weighted by Gasteiger charge is 2.15. The maximum atomic E-state index is 10.6. The van der Waals surface area contributed by atoms with E-state index in [9.17, 15) is 10.1 Å². The van der Waals surface area contributed by atoms with Crippen LogP contribution in [0.5, 0.6) is 0 Å². The normalized spacial score (nSPS) is 10.5. The van der Waals surface area contributed by atoms with Gasteiger partial charge < -0.3 is 0 Å². The van der Waals surface area contributed by atoms with E-state index in [0.717, 1.165) is 9.13 Å². The van der Waals surface area contributed by atoms with Crippen molar-refractivity contribution in [1.82, 2.24) is 0 Å². The molecule has 0 aliphatic carbocycles. The summed E-state index contributed by atoms with van der Waals surface area (Å²) in [6.07, 6.45) is 0. The fraction of sp³-hybridized carbons (Fsp3) is 0.333. The molecule has 4 heteroatoms. The summed E-state index contributed by atoms with van der Waals surface area (Å²) in [5.41, 5.74) is 1.24. The van der Waals surface area contributed by atoms with Crippen LogP contribution in [0.25, 0.3) is 0 Å².